The number of hydrogen-bond donors (Lipinski definition) is 0. The highest BCUT2D eigenvalue weighted by atomic mass is 16.6. The van der Waals surface area contributed by atoms with Crippen molar-refractivity contribution in [2.24, 2.45) is 0 Å². The first-order valence-corrected chi connectivity index (χ1v) is 11.7. The van der Waals surface area contributed by atoms with Gasteiger partial charge in [-0.1, -0.05) is 0 Å². The van der Waals surface area contributed by atoms with Gasteiger partial charge in [-0.2, -0.15) is 10.4 Å². The van der Waals surface area contributed by atoms with Crippen LogP contribution < -0.4 is 0 Å². The summed E-state index contributed by atoms with van der Waals surface area (Å²) in [6, 6.07) is 9.89. The zero-order valence-electron chi connectivity index (χ0n) is 20.0. The topological polar surface area (TPSA) is 102 Å². The zero-order valence-corrected chi connectivity index (χ0v) is 20.0. The van der Waals surface area contributed by atoms with Crippen molar-refractivity contribution in [3.05, 3.63) is 60.8 Å². The Labute approximate surface area is 203 Å². The van der Waals surface area contributed by atoms with Gasteiger partial charge in [-0.05, 0) is 57.9 Å². The SMILES string of the molecule is CC(C)(C)OC(=O)N1CCC(n2cc(-c3cnc(-n4ccc5cc(C#N)ccc54)nc3)cn2)CC1. The zero-order chi connectivity index (χ0) is 24.6. The van der Waals surface area contributed by atoms with E-state index in [9.17, 15) is 4.79 Å². The normalized spacial score (nSPS) is 14.7. The number of ether oxygens (including phenoxy) is 1. The number of nitrogens with zero attached hydrogens (tertiary/aromatic N) is 7. The number of nitriles is 1. The Bertz CT molecular complexity index is 1400. The fourth-order valence-corrected chi connectivity index (χ4v) is 4.31. The summed E-state index contributed by atoms with van der Waals surface area (Å²) >= 11 is 0. The summed E-state index contributed by atoms with van der Waals surface area (Å²) in [5, 5.41) is 14.6. The Hall–Kier alpha value is -4.19. The van der Waals surface area contributed by atoms with Crippen LogP contribution in [0.25, 0.3) is 28.0 Å². The first kappa shape index (κ1) is 22.6. The number of carbonyl (C=O) groups is 1. The fraction of sp³-hybridized carbons (Fsp3) is 0.346. The molecule has 0 radical (unpaired) electrons. The van der Waals surface area contributed by atoms with Crippen LogP contribution in [0.4, 0.5) is 4.79 Å². The van der Waals surface area contributed by atoms with Crippen LogP contribution in [0.3, 0.4) is 0 Å². The first-order chi connectivity index (χ1) is 16.8. The van der Waals surface area contributed by atoms with E-state index >= 15 is 0 Å². The molecular weight excluding hydrogens is 442 g/mol. The number of piperidine rings is 1. The molecule has 1 saturated heterocycles. The van der Waals surface area contributed by atoms with E-state index in [0.29, 0.717) is 24.6 Å². The molecule has 1 amide bonds. The molecule has 1 aliphatic rings. The van der Waals surface area contributed by atoms with Gasteiger partial charge < -0.3 is 9.64 Å². The molecule has 5 rings (SSSR count). The van der Waals surface area contributed by atoms with Crippen LogP contribution in [-0.4, -0.2) is 54.0 Å². The van der Waals surface area contributed by atoms with Crippen molar-refractivity contribution in [1.82, 2.24) is 29.2 Å². The number of rotatable bonds is 3. The van der Waals surface area contributed by atoms with Crippen molar-refractivity contribution in [1.29, 1.82) is 5.26 Å². The first-order valence-electron chi connectivity index (χ1n) is 11.7. The minimum absolute atomic E-state index is 0.229. The van der Waals surface area contributed by atoms with Crippen molar-refractivity contribution < 1.29 is 9.53 Å². The lowest BCUT2D eigenvalue weighted by Crippen LogP contribution is -2.42. The van der Waals surface area contributed by atoms with E-state index < -0.39 is 5.60 Å². The highest BCUT2D eigenvalue weighted by Crippen LogP contribution is 2.26. The molecule has 0 saturated carbocycles. The van der Waals surface area contributed by atoms with Gasteiger partial charge in [-0.25, -0.2) is 14.8 Å². The van der Waals surface area contributed by atoms with Crippen LogP contribution in [-0.2, 0) is 4.74 Å². The summed E-state index contributed by atoms with van der Waals surface area (Å²) in [4.78, 5) is 23.2. The lowest BCUT2D eigenvalue weighted by Gasteiger charge is -2.33. The van der Waals surface area contributed by atoms with Gasteiger partial charge in [0.1, 0.15) is 5.60 Å². The largest absolute Gasteiger partial charge is 0.444 e. The predicted octanol–water partition coefficient (Wildman–Crippen LogP) is 4.73. The second-order valence-electron chi connectivity index (χ2n) is 9.75. The monoisotopic (exact) mass is 469 g/mol. The van der Waals surface area contributed by atoms with Crippen molar-refractivity contribution in [2.75, 3.05) is 13.1 Å². The summed E-state index contributed by atoms with van der Waals surface area (Å²) in [5.74, 6) is 0.565. The van der Waals surface area contributed by atoms with Gasteiger partial charge in [0.25, 0.3) is 0 Å². The average molecular weight is 470 g/mol. The molecule has 0 atom stereocenters. The Morgan fingerprint density at radius 1 is 1.09 bits per heavy atom. The molecule has 9 heteroatoms. The van der Waals surface area contributed by atoms with Crippen LogP contribution in [0.5, 0.6) is 0 Å². The molecule has 0 aliphatic carbocycles. The fourth-order valence-electron chi connectivity index (χ4n) is 4.31. The minimum atomic E-state index is -0.488. The van der Waals surface area contributed by atoms with E-state index in [0.717, 1.165) is 34.9 Å². The number of fused-ring (bicyclic) bond motifs is 1. The Kier molecular flexibility index (Phi) is 5.73. The molecule has 35 heavy (non-hydrogen) atoms. The molecular formula is C26H27N7O2. The standard InChI is InChI=1S/C26H27N7O2/c1-26(2,3)35-25(34)31-9-7-22(8-10-31)33-17-21(16-30-33)20-14-28-24(29-15-20)32-11-6-19-12-18(13-27)4-5-23(19)32/h4-6,11-12,14-17,22H,7-10H2,1-3H3. The van der Waals surface area contributed by atoms with E-state index in [4.69, 9.17) is 10.00 Å². The average Bonchev–Trinajstić information content (AvgIpc) is 3.50. The summed E-state index contributed by atoms with van der Waals surface area (Å²) in [6.45, 7) is 6.93. The number of carbonyl (C=O) groups excluding carboxylic acids is 1. The van der Waals surface area contributed by atoms with E-state index in [-0.39, 0.29) is 12.1 Å². The van der Waals surface area contributed by atoms with Crippen LogP contribution in [0, 0.1) is 11.3 Å². The smallest absolute Gasteiger partial charge is 0.410 e. The molecule has 0 unspecified atom stereocenters. The van der Waals surface area contributed by atoms with Gasteiger partial charge in [0.2, 0.25) is 5.95 Å². The number of aromatic nitrogens is 5. The maximum Gasteiger partial charge on any atom is 0.410 e. The molecule has 1 fully saturated rings. The van der Waals surface area contributed by atoms with E-state index in [2.05, 4.69) is 21.1 Å². The molecule has 0 N–H and O–H groups in total. The maximum absolute atomic E-state index is 12.3. The third-order valence-corrected chi connectivity index (χ3v) is 6.10. The molecule has 4 aromatic rings. The maximum atomic E-state index is 12.3. The number of likely N-dealkylation sites (tertiary alicyclic amines) is 1. The summed E-state index contributed by atoms with van der Waals surface area (Å²) in [5.41, 5.74) is 2.91. The lowest BCUT2D eigenvalue weighted by atomic mass is 10.1. The third kappa shape index (κ3) is 4.73. The molecule has 0 spiro atoms. The van der Waals surface area contributed by atoms with Crippen LogP contribution in [0.2, 0.25) is 0 Å². The number of benzene rings is 1. The summed E-state index contributed by atoms with van der Waals surface area (Å²) < 4.78 is 9.37. The second kappa shape index (κ2) is 8.87. The molecule has 4 heterocycles. The van der Waals surface area contributed by atoms with Crippen LogP contribution in [0.15, 0.2) is 55.2 Å². The molecule has 178 valence electrons. The van der Waals surface area contributed by atoms with Crippen molar-refractivity contribution in [2.45, 2.75) is 45.3 Å². The van der Waals surface area contributed by atoms with Crippen LogP contribution >= 0.6 is 0 Å². The van der Waals surface area contributed by atoms with Gasteiger partial charge in [-0.15, -0.1) is 0 Å². The van der Waals surface area contributed by atoms with Gasteiger partial charge in [0.15, 0.2) is 0 Å². The van der Waals surface area contributed by atoms with Crippen molar-refractivity contribution in [3.8, 4) is 23.1 Å². The summed E-state index contributed by atoms with van der Waals surface area (Å²) in [7, 11) is 0. The third-order valence-electron chi connectivity index (χ3n) is 6.10. The Morgan fingerprint density at radius 2 is 1.83 bits per heavy atom. The van der Waals surface area contributed by atoms with Gasteiger partial charge in [0.05, 0.1) is 29.4 Å². The predicted molar refractivity (Wildman–Crippen MR) is 131 cm³/mol. The molecule has 1 aliphatic heterocycles. The number of hydrogen-bond acceptors (Lipinski definition) is 6. The quantitative estimate of drug-likeness (QED) is 0.430. The Morgan fingerprint density at radius 3 is 2.51 bits per heavy atom. The number of amides is 1. The van der Waals surface area contributed by atoms with Crippen LogP contribution in [0.1, 0.15) is 45.2 Å². The molecule has 3 aromatic heterocycles. The Balaban J connectivity index is 1.26. The van der Waals surface area contributed by atoms with E-state index in [1.54, 1.807) is 23.4 Å². The van der Waals surface area contributed by atoms with E-state index in [1.165, 1.54) is 0 Å². The van der Waals surface area contributed by atoms with E-state index in [1.807, 2.05) is 66.8 Å². The highest BCUT2D eigenvalue weighted by Gasteiger charge is 2.28. The van der Waals surface area contributed by atoms with Crippen molar-refractivity contribution in [3.63, 3.8) is 0 Å². The highest BCUT2D eigenvalue weighted by molar-refractivity contribution is 5.82. The minimum Gasteiger partial charge on any atom is -0.444 e. The summed E-state index contributed by atoms with van der Waals surface area (Å²) in [6.07, 6.45) is 10.7. The molecule has 1 aromatic carbocycles. The molecule has 9 nitrogen and oxygen atoms in total. The van der Waals surface area contributed by atoms with Gasteiger partial charge in [-0.3, -0.25) is 9.25 Å². The van der Waals surface area contributed by atoms with Crippen molar-refractivity contribution >= 4 is 17.0 Å². The lowest BCUT2D eigenvalue weighted by molar-refractivity contribution is 0.0185. The second-order valence-corrected chi connectivity index (χ2v) is 9.75. The van der Waals surface area contributed by atoms with Gasteiger partial charge >= 0.3 is 6.09 Å². The van der Waals surface area contributed by atoms with Gasteiger partial charge in [0, 0.05) is 54.4 Å². The molecule has 0 bridgehead atoms.